The summed E-state index contributed by atoms with van der Waals surface area (Å²) in [7, 11) is 2.05. The molecule has 1 amide bonds. The van der Waals surface area contributed by atoms with Crippen LogP contribution in [0.15, 0.2) is 73.9 Å². The van der Waals surface area contributed by atoms with E-state index in [1.807, 2.05) is 31.2 Å². The molecule has 2 N–H and O–H groups in total. The van der Waals surface area contributed by atoms with Crippen LogP contribution in [0.5, 0.6) is 11.5 Å². The molecule has 1 saturated heterocycles. The zero-order chi connectivity index (χ0) is 28.3. The molecule has 2 aliphatic rings. The molecule has 10 heteroatoms. The first kappa shape index (κ1) is 26.2. The minimum absolute atomic E-state index is 0.124. The highest BCUT2D eigenvalue weighted by molar-refractivity contribution is 5.88. The molecular weight excluding hydrogens is 516 g/mol. The van der Waals surface area contributed by atoms with Crippen LogP contribution >= 0.6 is 0 Å². The van der Waals surface area contributed by atoms with Crippen molar-refractivity contribution < 1.29 is 9.53 Å². The molecule has 2 aromatic heterocycles. The molecule has 0 saturated carbocycles. The fourth-order valence-electron chi connectivity index (χ4n) is 5.23. The first-order valence-electron chi connectivity index (χ1n) is 13.7. The Labute approximate surface area is 238 Å². The summed E-state index contributed by atoms with van der Waals surface area (Å²) in [6, 6.07) is 12.3. The molecule has 41 heavy (non-hydrogen) atoms. The van der Waals surface area contributed by atoms with Crippen LogP contribution in [0.25, 0.3) is 11.0 Å². The highest BCUT2D eigenvalue weighted by Gasteiger charge is 2.22. The summed E-state index contributed by atoms with van der Waals surface area (Å²) in [6.07, 6.45) is 11.3. The first-order valence-corrected chi connectivity index (χ1v) is 13.7. The fourth-order valence-corrected chi connectivity index (χ4v) is 5.23. The minimum atomic E-state index is -0.141. The van der Waals surface area contributed by atoms with Crippen molar-refractivity contribution in [2.24, 2.45) is 0 Å². The highest BCUT2D eigenvalue weighted by Crippen LogP contribution is 2.33. The molecule has 0 aliphatic carbocycles. The van der Waals surface area contributed by atoms with E-state index in [0.717, 1.165) is 55.1 Å². The standard InChI is InChI=1S/C31H32N8O2/c1-4-28(40)35-22-11-14-39(15-12-22)31-32-18-25-29(37-31)30(34-19-33-25)36-23-7-10-27(20(2)16-23)41-24-8-9-26-21(17-24)6-5-13-38(26)3/h4-5,7-10,13,16-19,22H,1,6,11-12,14-15H2,2-3H3,(H,35,40)(H,33,34,36). The maximum absolute atomic E-state index is 11.6. The van der Waals surface area contributed by atoms with Crippen molar-refractivity contribution in [1.82, 2.24) is 25.3 Å². The number of fused-ring (bicyclic) bond motifs is 2. The van der Waals surface area contributed by atoms with E-state index < -0.39 is 0 Å². The Balaban J connectivity index is 1.17. The minimum Gasteiger partial charge on any atom is -0.457 e. The average Bonchev–Trinajstić information content (AvgIpc) is 2.99. The van der Waals surface area contributed by atoms with Crippen LogP contribution in [0.3, 0.4) is 0 Å². The number of carbonyl (C=O) groups is 1. The van der Waals surface area contributed by atoms with E-state index >= 15 is 0 Å². The molecule has 0 unspecified atom stereocenters. The number of amides is 1. The number of hydrogen-bond acceptors (Lipinski definition) is 9. The van der Waals surface area contributed by atoms with Crippen LogP contribution in [0, 0.1) is 6.92 Å². The predicted octanol–water partition coefficient (Wildman–Crippen LogP) is 5.04. The van der Waals surface area contributed by atoms with Crippen molar-refractivity contribution >= 4 is 40.1 Å². The third-order valence-electron chi connectivity index (χ3n) is 7.44. The highest BCUT2D eigenvalue weighted by atomic mass is 16.5. The Hall–Kier alpha value is -4.99. The van der Waals surface area contributed by atoms with E-state index in [1.165, 1.54) is 23.7 Å². The van der Waals surface area contributed by atoms with Gasteiger partial charge in [-0.2, -0.15) is 0 Å². The van der Waals surface area contributed by atoms with Crippen molar-refractivity contribution in [3.63, 3.8) is 0 Å². The number of benzene rings is 2. The van der Waals surface area contributed by atoms with Crippen LogP contribution in [0.1, 0.15) is 24.0 Å². The largest absolute Gasteiger partial charge is 0.457 e. The average molecular weight is 549 g/mol. The van der Waals surface area contributed by atoms with Crippen LogP contribution in [-0.4, -0.2) is 52.0 Å². The maximum atomic E-state index is 11.6. The summed E-state index contributed by atoms with van der Waals surface area (Å²) in [5.41, 5.74) is 5.59. The molecule has 0 radical (unpaired) electrons. The molecule has 6 rings (SSSR count). The molecule has 2 aliphatic heterocycles. The van der Waals surface area contributed by atoms with Gasteiger partial charge in [-0.3, -0.25) is 4.79 Å². The number of carbonyl (C=O) groups excluding carboxylic acids is 1. The van der Waals surface area contributed by atoms with E-state index in [4.69, 9.17) is 9.72 Å². The van der Waals surface area contributed by atoms with Gasteiger partial charge in [-0.05, 0) is 79.8 Å². The van der Waals surface area contributed by atoms with E-state index in [-0.39, 0.29) is 11.9 Å². The van der Waals surface area contributed by atoms with Crippen LogP contribution in [0.4, 0.5) is 23.1 Å². The number of ether oxygens (including phenoxy) is 1. The summed E-state index contributed by atoms with van der Waals surface area (Å²) >= 11 is 0. The molecule has 10 nitrogen and oxygen atoms in total. The summed E-state index contributed by atoms with van der Waals surface area (Å²) < 4.78 is 6.25. The number of rotatable bonds is 7. The normalized spacial score (nSPS) is 15.0. The molecular formula is C31H32N8O2. The number of aryl methyl sites for hydroxylation is 1. The molecule has 0 spiro atoms. The maximum Gasteiger partial charge on any atom is 0.243 e. The molecule has 4 heterocycles. The van der Waals surface area contributed by atoms with Gasteiger partial charge < -0.3 is 25.2 Å². The van der Waals surface area contributed by atoms with E-state index in [9.17, 15) is 4.79 Å². The number of anilines is 4. The Morgan fingerprint density at radius 2 is 1.98 bits per heavy atom. The smallest absolute Gasteiger partial charge is 0.243 e. The second-order valence-corrected chi connectivity index (χ2v) is 10.3. The van der Waals surface area contributed by atoms with Crippen molar-refractivity contribution in [1.29, 1.82) is 0 Å². The van der Waals surface area contributed by atoms with Gasteiger partial charge in [0.2, 0.25) is 11.9 Å². The topological polar surface area (TPSA) is 108 Å². The van der Waals surface area contributed by atoms with Crippen molar-refractivity contribution in [2.45, 2.75) is 32.2 Å². The first-order chi connectivity index (χ1) is 20.0. The molecule has 208 valence electrons. The number of aromatic nitrogens is 4. The lowest BCUT2D eigenvalue weighted by Crippen LogP contribution is -2.44. The number of piperidine rings is 1. The van der Waals surface area contributed by atoms with Crippen LogP contribution in [0.2, 0.25) is 0 Å². The van der Waals surface area contributed by atoms with Gasteiger partial charge in [0.05, 0.1) is 6.20 Å². The van der Waals surface area contributed by atoms with Gasteiger partial charge in [0.1, 0.15) is 28.9 Å². The summed E-state index contributed by atoms with van der Waals surface area (Å²) in [5.74, 6) is 2.69. The Morgan fingerprint density at radius 1 is 1.12 bits per heavy atom. The molecule has 1 fully saturated rings. The van der Waals surface area contributed by atoms with E-state index in [2.05, 4.69) is 73.4 Å². The summed E-state index contributed by atoms with van der Waals surface area (Å²) in [4.78, 5) is 34.1. The lowest BCUT2D eigenvalue weighted by molar-refractivity contribution is -0.117. The zero-order valence-electron chi connectivity index (χ0n) is 23.2. The Kier molecular flexibility index (Phi) is 7.20. The monoisotopic (exact) mass is 548 g/mol. The van der Waals surface area contributed by atoms with Crippen molar-refractivity contribution in [3.8, 4) is 11.5 Å². The number of hydrogen-bond donors (Lipinski definition) is 2. The fraction of sp³-hybridized carbons (Fsp3) is 0.258. The van der Waals surface area contributed by atoms with Gasteiger partial charge in [-0.1, -0.05) is 12.7 Å². The SMILES string of the molecule is C=CC(=O)NC1CCN(c2ncc3ncnc(Nc4ccc(Oc5ccc6c(c5)CC=CN6C)c(C)c4)c3n2)CC1. The molecule has 4 aromatic rings. The van der Waals surface area contributed by atoms with Gasteiger partial charge in [-0.25, -0.2) is 19.9 Å². The third-order valence-corrected chi connectivity index (χ3v) is 7.44. The van der Waals surface area contributed by atoms with Gasteiger partial charge in [-0.15, -0.1) is 0 Å². The lowest BCUT2D eigenvalue weighted by Gasteiger charge is -2.32. The summed E-state index contributed by atoms with van der Waals surface area (Å²) in [5, 5.41) is 6.38. The number of nitrogens with zero attached hydrogens (tertiary/aromatic N) is 6. The molecule has 2 aromatic carbocycles. The van der Waals surface area contributed by atoms with Gasteiger partial charge in [0.15, 0.2) is 5.82 Å². The summed E-state index contributed by atoms with van der Waals surface area (Å²) in [6.45, 7) is 7.03. The predicted molar refractivity (Wildman–Crippen MR) is 161 cm³/mol. The van der Waals surface area contributed by atoms with Crippen LogP contribution in [-0.2, 0) is 11.2 Å². The quantitative estimate of drug-likeness (QED) is 0.307. The number of allylic oxidation sites excluding steroid dienone is 1. The molecule has 0 atom stereocenters. The van der Waals surface area contributed by atoms with Gasteiger partial charge in [0.25, 0.3) is 0 Å². The van der Waals surface area contributed by atoms with Gasteiger partial charge >= 0.3 is 0 Å². The Bertz CT molecular complexity index is 1640. The van der Waals surface area contributed by atoms with E-state index in [0.29, 0.717) is 22.8 Å². The van der Waals surface area contributed by atoms with Gasteiger partial charge in [0, 0.05) is 43.8 Å². The van der Waals surface area contributed by atoms with Crippen LogP contribution < -0.4 is 25.2 Å². The Morgan fingerprint density at radius 3 is 2.78 bits per heavy atom. The molecule has 0 bridgehead atoms. The van der Waals surface area contributed by atoms with Crippen molar-refractivity contribution in [2.75, 3.05) is 35.3 Å². The third kappa shape index (κ3) is 5.67. The second kappa shape index (κ2) is 11.2. The second-order valence-electron chi connectivity index (χ2n) is 10.3. The van der Waals surface area contributed by atoms with Crippen molar-refractivity contribution in [3.05, 3.63) is 85.0 Å². The zero-order valence-corrected chi connectivity index (χ0v) is 23.2. The number of nitrogens with one attached hydrogen (secondary N) is 2. The lowest BCUT2D eigenvalue weighted by atomic mass is 10.1. The van der Waals surface area contributed by atoms with E-state index in [1.54, 1.807) is 6.20 Å².